The minimum atomic E-state index is -0.409. The highest BCUT2D eigenvalue weighted by atomic mass is 32.1. The number of carbonyl (C=O) groups excluding carboxylic acids is 1. The molecular formula is C17H15FN2O2S. The fraction of sp³-hybridized carbons (Fsp3) is 0.0588. The van der Waals surface area contributed by atoms with Crippen LogP contribution < -0.4 is 15.4 Å². The molecule has 2 aromatic carbocycles. The zero-order valence-corrected chi connectivity index (χ0v) is 13.0. The monoisotopic (exact) mass is 330 g/mol. The van der Waals surface area contributed by atoms with E-state index in [9.17, 15) is 9.18 Å². The van der Waals surface area contributed by atoms with E-state index in [2.05, 4.69) is 17.2 Å². The van der Waals surface area contributed by atoms with Gasteiger partial charge in [-0.15, -0.1) is 0 Å². The molecule has 4 nitrogen and oxygen atoms in total. The minimum Gasteiger partial charge on any atom is -0.490 e. The second-order valence-electron chi connectivity index (χ2n) is 4.54. The van der Waals surface area contributed by atoms with Crippen LogP contribution in [0.25, 0.3) is 0 Å². The summed E-state index contributed by atoms with van der Waals surface area (Å²) in [5.74, 6) is -0.105. The molecule has 0 fully saturated rings. The summed E-state index contributed by atoms with van der Waals surface area (Å²) in [6.45, 7) is 4.00. The lowest BCUT2D eigenvalue weighted by atomic mass is 10.2. The fourth-order valence-corrected chi connectivity index (χ4v) is 1.94. The Bertz CT molecular complexity index is 700. The summed E-state index contributed by atoms with van der Waals surface area (Å²) in [5.41, 5.74) is 1.03. The van der Waals surface area contributed by atoms with Crippen LogP contribution in [0.15, 0.2) is 61.2 Å². The summed E-state index contributed by atoms with van der Waals surface area (Å²) >= 11 is 5.08. The third-order valence-electron chi connectivity index (χ3n) is 2.81. The van der Waals surface area contributed by atoms with E-state index in [1.807, 2.05) is 0 Å². The summed E-state index contributed by atoms with van der Waals surface area (Å²) in [7, 11) is 0. The minimum absolute atomic E-state index is 0.152. The lowest BCUT2D eigenvalue weighted by molar-refractivity contribution is 0.0977. The Balaban J connectivity index is 1.90. The summed E-state index contributed by atoms with van der Waals surface area (Å²) in [4.78, 5) is 11.9. The molecule has 0 radical (unpaired) electrons. The Morgan fingerprint density at radius 2 is 1.83 bits per heavy atom. The molecule has 0 bridgehead atoms. The van der Waals surface area contributed by atoms with E-state index in [4.69, 9.17) is 17.0 Å². The van der Waals surface area contributed by atoms with Gasteiger partial charge in [0.25, 0.3) is 5.91 Å². The van der Waals surface area contributed by atoms with Gasteiger partial charge in [0.05, 0.1) is 0 Å². The molecule has 2 rings (SSSR count). The van der Waals surface area contributed by atoms with Gasteiger partial charge in [-0.1, -0.05) is 12.7 Å². The molecule has 6 heteroatoms. The topological polar surface area (TPSA) is 50.4 Å². The van der Waals surface area contributed by atoms with Gasteiger partial charge in [0.2, 0.25) is 0 Å². The van der Waals surface area contributed by atoms with Crippen molar-refractivity contribution in [3.8, 4) is 5.75 Å². The number of benzene rings is 2. The van der Waals surface area contributed by atoms with Crippen LogP contribution in [0.1, 0.15) is 10.4 Å². The fourth-order valence-electron chi connectivity index (χ4n) is 1.73. The molecule has 0 heterocycles. The van der Waals surface area contributed by atoms with E-state index in [1.54, 1.807) is 30.3 Å². The Morgan fingerprint density at radius 3 is 2.43 bits per heavy atom. The van der Waals surface area contributed by atoms with E-state index in [1.165, 1.54) is 24.3 Å². The molecule has 0 aromatic heterocycles. The van der Waals surface area contributed by atoms with E-state index < -0.39 is 11.7 Å². The SMILES string of the molecule is C=CCOc1ccc(NC(=S)NC(=O)c2ccc(F)cc2)cc1. The predicted molar refractivity (Wildman–Crippen MR) is 92.2 cm³/mol. The van der Waals surface area contributed by atoms with E-state index in [0.29, 0.717) is 23.6 Å². The maximum atomic E-state index is 12.8. The quantitative estimate of drug-likeness (QED) is 0.651. The number of rotatable bonds is 5. The highest BCUT2D eigenvalue weighted by Crippen LogP contribution is 2.15. The predicted octanol–water partition coefficient (Wildman–Crippen LogP) is 3.52. The Labute approximate surface area is 139 Å². The average molecular weight is 330 g/mol. The van der Waals surface area contributed by atoms with Crippen molar-refractivity contribution in [2.45, 2.75) is 0 Å². The summed E-state index contributed by atoms with van der Waals surface area (Å²) < 4.78 is 18.2. The molecule has 118 valence electrons. The number of carbonyl (C=O) groups is 1. The van der Waals surface area contributed by atoms with Crippen molar-refractivity contribution in [2.75, 3.05) is 11.9 Å². The van der Waals surface area contributed by atoms with Gasteiger partial charge in [-0.25, -0.2) is 4.39 Å². The summed E-state index contributed by atoms with van der Waals surface area (Å²) in [5, 5.41) is 5.57. The van der Waals surface area contributed by atoms with Crippen molar-refractivity contribution in [3.05, 3.63) is 72.6 Å². The van der Waals surface area contributed by atoms with Crippen molar-refractivity contribution >= 4 is 28.9 Å². The van der Waals surface area contributed by atoms with Crippen molar-refractivity contribution in [2.24, 2.45) is 0 Å². The van der Waals surface area contributed by atoms with Crippen LogP contribution >= 0.6 is 12.2 Å². The maximum Gasteiger partial charge on any atom is 0.257 e. The summed E-state index contributed by atoms with van der Waals surface area (Å²) in [6, 6.07) is 12.3. The maximum absolute atomic E-state index is 12.8. The molecule has 0 aliphatic heterocycles. The molecule has 0 atom stereocenters. The number of ether oxygens (including phenoxy) is 1. The zero-order valence-electron chi connectivity index (χ0n) is 12.2. The Morgan fingerprint density at radius 1 is 1.17 bits per heavy atom. The number of halogens is 1. The van der Waals surface area contributed by atoms with Crippen molar-refractivity contribution in [1.82, 2.24) is 5.32 Å². The van der Waals surface area contributed by atoms with Gasteiger partial charge in [-0.2, -0.15) is 0 Å². The molecule has 0 saturated carbocycles. The van der Waals surface area contributed by atoms with Gasteiger partial charge in [0.15, 0.2) is 5.11 Å². The summed E-state index contributed by atoms with van der Waals surface area (Å²) in [6.07, 6.45) is 1.66. The third-order valence-corrected chi connectivity index (χ3v) is 3.02. The van der Waals surface area contributed by atoms with Gasteiger partial charge >= 0.3 is 0 Å². The van der Waals surface area contributed by atoms with E-state index in [0.717, 1.165) is 0 Å². The van der Waals surface area contributed by atoms with Crippen LogP contribution in [0, 0.1) is 5.82 Å². The normalized spacial score (nSPS) is 9.78. The van der Waals surface area contributed by atoms with E-state index >= 15 is 0 Å². The first-order chi connectivity index (χ1) is 11.1. The van der Waals surface area contributed by atoms with Crippen molar-refractivity contribution < 1.29 is 13.9 Å². The largest absolute Gasteiger partial charge is 0.490 e. The van der Waals surface area contributed by atoms with Crippen molar-refractivity contribution in [3.63, 3.8) is 0 Å². The van der Waals surface area contributed by atoms with Gasteiger partial charge in [0, 0.05) is 11.3 Å². The van der Waals surface area contributed by atoms with Crippen LogP contribution in [0.2, 0.25) is 0 Å². The van der Waals surface area contributed by atoms with Gasteiger partial charge in [0.1, 0.15) is 18.2 Å². The van der Waals surface area contributed by atoms with Crippen LogP contribution in [-0.2, 0) is 0 Å². The van der Waals surface area contributed by atoms with Crippen LogP contribution in [0.4, 0.5) is 10.1 Å². The highest BCUT2D eigenvalue weighted by molar-refractivity contribution is 7.80. The standard InChI is InChI=1S/C17H15FN2O2S/c1-2-11-22-15-9-7-14(8-10-15)19-17(23)20-16(21)12-3-5-13(18)6-4-12/h2-10H,1,11H2,(H2,19,20,21,23). The molecule has 2 N–H and O–H groups in total. The molecule has 0 aliphatic rings. The lowest BCUT2D eigenvalue weighted by Crippen LogP contribution is -2.34. The number of anilines is 1. The van der Waals surface area contributed by atoms with Gasteiger partial charge < -0.3 is 10.1 Å². The first-order valence-corrected chi connectivity index (χ1v) is 7.21. The van der Waals surface area contributed by atoms with Crippen LogP contribution in [0.5, 0.6) is 5.75 Å². The number of nitrogens with one attached hydrogen (secondary N) is 2. The molecule has 1 amide bonds. The second-order valence-corrected chi connectivity index (χ2v) is 4.95. The van der Waals surface area contributed by atoms with Crippen molar-refractivity contribution in [1.29, 1.82) is 0 Å². The van der Waals surface area contributed by atoms with Gasteiger partial charge in [-0.05, 0) is 60.7 Å². The second kappa shape index (κ2) is 8.05. The van der Waals surface area contributed by atoms with E-state index in [-0.39, 0.29) is 5.11 Å². The van der Waals surface area contributed by atoms with Crippen LogP contribution in [0.3, 0.4) is 0 Å². The first-order valence-electron chi connectivity index (χ1n) is 6.80. The third kappa shape index (κ3) is 5.19. The molecule has 0 spiro atoms. The Hall–Kier alpha value is -2.73. The average Bonchev–Trinajstić information content (AvgIpc) is 2.54. The van der Waals surface area contributed by atoms with Gasteiger partial charge in [-0.3, -0.25) is 10.1 Å². The smallest absolute Gasteiger partial charge is 0.257 e. The molecule has 23 heavy (non-hydrogen) atoms. The molecule has 0 unspecified atom stereocenters. The number of hydrogen-bond donors (Lipinski definition) is 2. The van der Waals surface area contributed by atoms with Crippen LogP contribution in [-0.4, -0.2) is 17.6 Å². The molecular weight excluding hydrogens is 315 g/mol. The number of amides is 1. The lowest BCUT2D eigenvalue weighted by Gasteiger charge is -2.10. The highest BCUT2D eigenvalue weighted by Gasteiger charge is 2.08. The Kier molecular flexibility index (Phi) is 5.82. The number of hydrogen-bond acceptors (Lipinski definition) is 3. The molecule has 0 saturated heterocycles. The molecule has 2 aromatic rings. The first kappa shape index (κ1) is 16.6. The molecule has 0 aliphatic carbocycles. The number of thiocarbonyl (C=S) groups is 1. The zero-order chi connectivity index (χ0) is 16.7.